The summed E-state index contributed by atoms with van der Waals surface area (Å²) < 4.78 is 40.0. The summed E-state index contributed by atoms with van der Waals surface area (Å²) in [5.74, 6) is 0.323. The fourth-order valence-electron chi connectivity index (χ4n) is 3.11. The minimum absolute atomic E-state index is 0.194. The molecule has 1 saturated heterocycles. The van der Waals surface area contributed by atoms with Gasteiger partial charge in [-0.2, -0.15) is 23.3 Å². The molecule has 8 nitrogen and oxygen atoms in total. The first-order valence-electron chi connectivity index (χ1n) is 8.89. The molecule has 0 aliphatic carbocycles. The molecule has 154 valence electrons. The van der Waals surface area contributed by atoms with Gasteiger partial charge in [0.05, 0.1) is 0 Å². The highest BCUT2D eigenvalue weighted by atomic mass is 32.1. The third-order valence-corrected chi connectivity index (χ3v) is 5.48. The zero-order valence-electron chi connectivity index (χ0n) is 15.5. The lowest BCUT2D eigenvalue weighted by Gasteiger charge is -2.35. The average Bonchev–Trinajstić information content (AvgIpc) is 3.32. The number of thiophene rings is 1. The van der Waals surface area contributed by atoms with Crippen molar-refractivity contribution in [2.24, 2.45) is 0 Å². The third kappa shape index (κ3) is 4.26. The normalized spacial score (nSPS) is 15.2. The molecule has 1 aliphatic heterocycles. The van der Waals surface area contributed by atoms with Crippen molar-refractivity contribution >= 4 is 23.0 Å². The van der Waals surface area contributed by atoms with Gasteiger partial charge in [0.15, 0.2) is 5.69 Å². The van der Waals surface area contributed by atoms with Crippen LogP contribution in [0, 0.1) is 6.92 Å². The van der Waals surface area contributed by atoms with Crippen LogP contribution in [0.5, 0.6) is 0 Å². The van der Waals surface area contributed by atoms with Crippen molar-refractivity contribution in [2.75, 3.05) is 36.0 Å². The van der Waals surface area contributed by atoms with Crippen LogP contribution in [0.3, 0.4) is 0 Å². The van der Waals surface area contributed by atoms with E-state index in [1.807, 2.05) is 4.90 Å². The molecule has 0 aromatic carbocycles. The predicted octanol–water partition coefficient (Wildman–Crippen LogP) is 2.06. The summed E-state index contributed by atoms with van der Waals surface area (Å²) in [4.78, 5) is 26.0. The molecule has 3 aromatic heterocycles. The van der Waals surface area contributed by atoms with Gasteiger partial charge in [-0.1, -0.05) is 0 Å². The van der Waals surface area contributed by atoms with Crippen LogP contribution >= 0.6 is 11.3 Å². The van der Waals surface area contributed by atoms with Crippen molar-refractivity contribution in [1.82, 2.24) is 24.3 Å². The third-order valence-electron chi connectivity index (χ3n) is 4.63. The first-order valence-corrected chi connectivity index (χ1v) is 9.77. The van der Waals surface area contributed by atoms with Crippen LogP contribution < -0.4 is 15.5 Å². The topological polar surface area (TPSA) is 72.1 Å². The molecule has 1 fully saturated rings. The number of aryl methyl sites for hydroxylation is 1. The van der Waals surface area contributed by atoms with Crippen LogP contribution in [0.4, 0.5) is 24.8 Å². The quantitative estimate of drug-likeness (QED) is 0.637. The van der Waals surface area contributed by atoms with Crippen LogP contribution in [0.1, 0.15) is 10.6 Å². The molecular formula is C17H18F3N7OS. The molecule has 0 unspecified atom stereocenters. The molecular weight excluding hydrogens is 407 g/mol. The smallest absolute Gasteiger partial charge is 0.367 e. The van der Waals surface area contributed by atoms with E-state index in [9.17, 15) is 18.0 Å². The number of rotatable bonds is 4. The number of alkyl halides is 3. The van der Waals surface area contributed by atoms with E-state index >= 15 is 0 Å². The van der Waals surface area contributed by atoms with Gasteiger partial charge in [-0.05, 0) is 19.1 Å². The maximum atomic E-state index is 12.6. The molecule has 12 heteroatoms. The van der Waals surface area contributed by atoms with Gasteiger partial charge in [-0.15, -0.1) is 11.3 Å². The second-order valence-electron chi connectivity index (χ2n) is 6.68. The van der Waals surface area contributed by atoms with Crippen LogP contribution in [-0.4, -0.2) is 50.5 Å². The fourth-order valence-corrected chi connectivity index (χ4v) is 3.82. The molecule has 0 spiro atoms. The molecule has 1 aliphatic rings. The zero-order chi connectivity index (χ0) is 20.6. The standard InChI is InChI=1S/C17H18F3N7OS/c1-12-8-13(9-29-12)24-4-6-25(7-5-24)15-21-10-26(16(28)22-15)11-27-3-2-14(23-27)17(18,19)20/h2-3,8-10H,4-7,11H2,1H3. The van der Waals surface area contributed by atoms with Crippen molar-refractivity contribution in [1.29, 1.82) is 0 Å². The van der Waals surface area contributed by atoms with Crippen LogP contribution in [0.15, 0.2) is 34.8 Å². The minimum atomic E-state index is -4.53. The highest BCUT2D eigenvalue weighted by Gasteiger charge is 2.33. The minimum Gasteiger partial charge on any atom is -0.367 e. The van der Waals surface area contributed by atoms with Gasteiger partial charge in [-0.25, -0.2) is 9.78 Å². The average molecular weight is 425 g/mol. The first kappa shape index (κ1) is 19.4. The molecule has 0 bridgehead atoms. The van der Waals surface area contributed by atoms with E-state index in [-0.39, 0.29) is 6.67 Å². The van der Waals surface area contributed by atoms with E-state index in [1.165, 1.54) is 16.9 Å². The van der Waals surface area contributed by atoms with Crippen LogP contribution in [0.2, 0.25) is 0 Å². The Morgan fingerprint density at radius 1 is 1.17 bits per heavy atom. The van der Waals surface area contributed by atoms with Gasteiger partial charge < -0.3 is 9.80 Å². The summed E-state index contributed by atoms with van der Waals surface area (Å²) in [6, 6.07) is 3.01. The molecule has 29 heavy (non-hydrogen) atoms. The summed E-state index contributed by atoms with van der Waals surface area (Å²) in [5.41, 5.74) is -0.405. The maximum Gasteiger partial charge on any atom is 0.435 e. The van der Waals surface area contributed by atoms with Crippen molar-refractivity contribution in [3.8, 4) is 0 Å². The van der Waals surface area contributed by atoms with E-state index in [1.54, 1.807) is 11.3 Å². The number of hydrogen-bond donors (Lipinski definition) is 0. The summed E-state index contributed by atoms with van der Waals surface area (Å²) >= 11 is 1.71. The fraction of sp³-hybridized carbons (Fsp3) is 0.412. The number of hydrogen-bond acceptors (Lipinski definition) is 7. The van der Waals surface area contributed by atoms with E-state index in [4.69, 9.17) is 0 Å². The lowest BCUT2D eigenvalue weighted by atomic mass is 10.3. The Bertz CT molecular complexity index is 1050. The lowest BCUT2D eigenvalue weighted by molar-refractivity contribution is -0.141. The van der Waals surface area contributed by atoms with Gasteiger partial charge >= 0.3 is 11.9 Å². The Morgan fingerprint density at radius 2 is 1.90 bits per heavy atom. The number of piperazine rings is 1. The van der Waals surface area contributed by atoms with E-state index in [2.05, 4.69) is 38.3 Å². The van der Waals surface area contributed by atoms with E-state index < -0.39 is 17.6 Å². The van der Waals surface area contributed by atoms with E-state index in [0.29, 0.717) is 19.0 Å². The van der Waals surface area contributed by atoms with Crippen LogP contribution in [0.25, 0.3) is 0 Å². The summed E-state index contributed by atoms with van der Waals surface area (Å²) in [5, 5.41) is 5.56. The summed E-state index contributed by atoms with van der Waals surface area (Å²) in [7, 11) is 0. The van der Waals surface area contributed by atoms with Crippen molar-refractivity contribution in [2.45, 2.75) is 19.8 Å². The van der Waals surface area contributed by atoms with Gasteiger partial charge in [-0.3, -0.25) is 9.25 Å². The van der Waals surface area contributed by atoms with E-state index in [0.717, 1.165) is 34.6 Å². The number of aromatic nitrogens is 5. The molecule has 0 amide bonds. The Labute approximate surface area is 167 Å². The summed E-state index contributed by atoms with van der Waals surface area (Å²) in [6.45, 7) is 4.80. The second kappa shape index (κ2) is 7.50. The number of nitrogens with zero attached hydrogens (tertiary/aromatic N) is 7. The highest BCUT2D eigenvalue weighted by molar-refractivity contribution is 7.10. The van der Waals surface area contributed by atoms with Gasteiger partial charge in [0.25, 0.3) is 0 Å². The van der Waals surface area contributed by atoms with Crippen LogP contribution in [-0.2, 0) is 12.8 Å². The van der Waals surface area contributed by atoms with Crippen molar-refractivity contribution in [3.05, 3.63) is 51.1 Å². The molecule has 4 rings (SSSR count). The Morgan fingerprint density at radius 3 is 2.48 bits per heavy atom. The Hall–Kier alpha value is -2.89. The molecule has 0 N–H and O–H groups in total. The molecule has 0 saturated carbocycles. The number of halogens is 3. The van der Waals surface area contributed by atoms with Gasteiger partial charge in [0.2, 0.25) is 5.95 Å². The Kier molecular flexibility index (Phi) is 5.03. The van der Waals surface area contributed by atoms with Gasteiger partial charge in [0, 0.05) is 48.3 Å². The molecule has 0 atom stereocenters. The second-order valence-corrected chi connectivity index (χ2v) is 7.79. The predicted molar refractivity (Wildman–Crippen MR) is 102 cm³/mol. The monoisotopic (exact) mass is 425 g/mol. The summed E-state index contributed by atoms with van der Waals surface area (Å²) in [6.07, 6.45) is -2.08. The molecule has 0 radical (unpaired) electrons. The van der Waals surface area contributed by atoms with Gasteiger partial charge in [0.1, 0.15) is 13.0 Å². The highest BCUT2D eigenvalue weighted by Crippen LogP contribution is 2.27. The molecule has 4 heterocycles. The zero-order valence-corrected chi connectivity index (χ0v) is 16.3. The molecule has 3 aromatic rings. The number of anilines is 2. The lowest BCUT2D eigenvalue weighted by Crippen LogP contribution is -2.47. The Balaban J connectivity index is 1.41. The largest absolute Gasteiger partial charge is 0.435 e. The van der Waals surface area contributed by atoms with Crippen molar-refractivity contribution < 1.29 is 13.2 Å². The maximum absolute atomic E-state index is 12.6. The first-order chi connectivity index (χ1) is 13.8. The van der Waals surface area contributed by atoms with Crippen molar-refractivity contribution in [3.63, 3.8) is 0 Å². The SMILES string of the molecule is Cc1cc(N2CCN(c3ncn(Cn4ccc(C(F)(F)F)n4)c(=O)n3)CC2)cs1.